The summed E-state index contributed by atoms with van der Waals surface area (Å²) in [5.74, 6) is 1.92. The Morgan fingerprint density at radius 1 is 1.11 bits per heavy atom. The highest BCUT2D eigenvalue weighted by atomic mass is 32.2. The van der Waals surface area contributed by atoms with E-state index in [0.717, 1.165) is 11.5 Å². The Balaban J connectivity index is 1.35. The van der Waals surface area contributed by atoms with Gasteiger partial charge in [-0.2, -0.15) is 11.8 Å². The summed E-state index contributed by atoms with van der Waals surface area (Å²) in [7, 11) is 0. The fourth-order valence-corrected chi connectivity index (χ4v) is 3.74. The predicted octanol–water partition coefficient (Wildman–Crippen LogP) is 3.75. The summed E-state index contributed by atoms with van der Waals surface area (Å²) in [4.78, 5) is 16.1. The van der Waals surface area contributed by atoms with Gasteiger partial charge in [-0.3, -0.25) is 9.89 Å². The molecule has 3 rings (SSSR count). The van der Waals surface area contributed by atoms with Crippen molar-refractivity contribution in [2.75, 3.05) is 18.1 Å². The fraction of sp³-hybridized carbons (Fsp3) is 0.211. The second kappa shape index (κ2) is 10.1. The van der Waals surface area contributed by atoms with Gasteiger partial charge in [0.1, 0.15) is 5.82 Å². The summed E-state index contributed by atoms with van der Waals surface area (Å²) in [5, 5.41) is 10.0. The topological polar surface area (TPSA) is 70.7 Å². The zero-order valence-corrected chi connectivity index (χ0v) is 16.2. The van der Waals surface area contributed by atoms with E-state index < -0.39 is 0 Å². The Hall–Kier alpha value is -2.32. The molecule has 8 heteroatoms. The first-order chi connectivity index (χ1) is 13.2. The van der Waals surface area contributed by atoms with Gasteiger partial charge in [0.05, 0.1) is 11.3 Å². The average molecular weight is 403 g/mol. The van der Waals surface area contributed by atoms with Gasteiger partial charge in [-0.15, -0.1) is 5.10 Å². The van der Waals surface area contributed by atoms with E-state index in [1.54, 1.807) is 30.0 Å². The third-order valence-corrected chi connectivity index (χ3v) is 5.48. The summed E-state index contributed by atoms with van der Waals surface area (Å²) in [6.45, 7) is 0.616. The van der Waals surface area contributed by atoms with Crippen LogP contribution in [0.4, 0.5) is 4.39 Å². The maximum Gasteiger partial charge on any atom is 0.230 e. The first-order valence-electron chi connectivity index (χ1n) is 8.41. The van der Waals surface area contributed by atoms with Crippen molar-refractivity contribution < 1.29 is 9.18 Å². The van der Waals surface area contributed by atoms with E-state index in [1.807, 2.05) is 18.2 Å². The Bertz CT molecular complexity index is 873. The number of carbonyl (C=O) groups is 1. The molecule has 0 fully saturated rings. The lowest BCUT2D eigenvalue weighted by atomic mass is 10.2. The van der Waals surface area contributed by atoms with Crippen LogP contribution in [0.15, 0.2) is 59.8 Å². The van der Waals surface area contributed by atoms with Crippen molar-refractivity contribution in [1.29, 1.82) is 0 Å². The zero-order chi connectivity index (χ0) is 18.9. The standard InChI is InChI=1S/C19H19FN4OS2/c20-16-9-5-4-8-15(16)18-22-19(24-23-18)27-13-17(25)21-10-11-26-12-14-6-2-1-3-7-14/h1-9H,10-13H2,(H,21,25)(H,22,23,24). The van der Waals surface area contributed by atoms with Crippen LogP contribution in [0.2, 0.25) is 0 Å². The van der Waals surface area contributed by atoms with Gasteiger partial charge < -0.3 is 5.32 Å². The first kappa shape index (κ1) is 19.4. The van der Waals surface area contributed by atoms with Crippen LogP contribution in [0, 0.1) is 5.82 Å². The minimum atomic E-state index is -0.365. The van der Waals surface area contributed by atoms with Crippen molar-refractivity contribution in [3.8, 4) is 11.4 Å². The predicted molar refractivity (Wildman–Crippen MR) is 108 cm³/mol. The number of thioether (sulfide) groups is 2. The SMILES string of the molecule is O=C(CSc1n[nH]c(-c2ccccc2F)n1)NCCSCc1ccccc1. The summed E-state index contributed by atoms with van der Waals surface area (Å²) in [6, 6.07) is 16.6. The second-order valence-corrected chi connectivity index (χ2v) is 7.67. The van der Waals surface area contributed by atoms with Crippen LogP contribution in [0.25, 0.3) is 11.4 Å². The van der Waals surface area contributed by atoms with Gasteiger partial charge in [-0.25, -0.2) is 9.37 Å². The molecule has 0 atom stereocenters. The van der Waals surface area contributed by atoms with Crippen LogP contribution in [0.3, 0.4) is 0 Å². The summed E-state index contributed by atoms with van der Waals surface area (Å²) in [5.41, 5.74) is 1.64. The number of nitrogens with one attached hydrogen (secondary N) is 2. The van der Waals surface area contributed by atoms with E-state index in [0.29, 0.717) is 23.1 Å². The molecule has 27 heavy (non-hydrogen) atoms. The van der Waals surface area contributed by atoms with E-state index in [4.69, 9.17) is 0 Å². The van der Waals surface area contributed by atoms with Gasteiger partial charge >= 0.3 is 0 Å². The summed E-state index contributed by atoms with van der Waals surface area (Å²) in [6.07, 6.45) is 0. The second-order valence-electron chi connectivity index (χ2n) is 5.62. The molecule has 5 nitrogen and oxygen atoms in total. The molecule has 1 heterocycles. The lowest BCUT2D eigenvalue weighted by Gasteiger charge is -2.04. The maximum atomic E-state index is 13.7. The van der Waals surface area contributed by atoms with Crippen molar-refractivity contribution in [3.63, 3.8) is 0 Å². The van der Waals surface area contributed by atoms with Crippen LogP contribution >= 0.6 is 23.5 Å². The average Bonchev–Trinajstić information content (AvgIpc) is 3.16. The number of halogens is 1. The van der Waals surface area contributed by atoms with Gasteiger partial charge in [0.15, 0.2) is 5.82 Å². The number of rotatable bonds is 9. The lowest BCUT2D eigenvalue weighted by Crippen LogP contribution is -2.27. The molecular formula is C19H19FN4OS2. The van der Waals surface area contributed by atoms with E-state index in [-0.39, 0.29) is 17.5 Å². The normalized spacial score (nSPS) is 10.7. The molecule has 0 bridgehead atoms. The van der Waals surface area contributed by atoms with E-state index in [2.05, 4.69) is 32.6 Å². The third kappa shape index (κ3) is 6.11. The Morgan fingerprint density at radius 3 is 2.70 bits per heavy atom. The molecule has 1 amide bonds. The quantitative estimate of drug-likeness (QED) is 0.421. The molecule has 0 radical (unpaired) electrons. The first-order valence-corrected chi connectivity index (χ1v) is 10.5. The number of nitrogens with zero attached hydrogens (tertiary/aromatic N) is 2. The molecule has 0 saturated heterocycles. The molecule has 0 aliphatic rings. The van der Waals surface area contributed by atoms with Crippen molar-refractivity contribution >= 4 is 29.4 Å². The van der Waals surface area contributed by atoms with E-state index in [1.165, 1.54) is 23.4 Å². The van der Waals surface area contributed by atoms with Gasteiger partial charge in [-0.1, -0.05) is 54.2 Å². The fourth-order valence-electron chi connectivity index (χ4n) is 2.29. The van der Waals surface area contributed by atoms with Crippen LogP contribution in [0.5, 0.6) is 0 Å². The monoisotopic (exact) mass is 402 g/mol. The molecule has 0 unspecified atom stereocenters. The van der Waals surface area contributed by atoms with Crippen molar-refractivity contribution in [2.24, 2.45) is 0 Å². The molecule has 140 valence electrons. The van der Waals surface area contributed by atoms with Crippen molar-refractivity contribution in [1.82, 2.24) is 20.5 Å². The number of amides is 1. The van der Waals surface area contributed by atoms with Crippen LogP contribution in [-0.2, 0) is 10.5 Å². The number of H-pyrrole nitrogens is 1. The smallest absolute Gasteiger partial charge is 0.230 e. The molecule has 0 saturated carbocycles. The number of hydrogen-bond acceptors (Lipinski definition) is 5. The molecule has 0 spiro atoms. The number of hydrogen-bond donors (Lipinski definition) is 2. The molecule has 0 aliphatic heterocycles. The number of carbonyl (C=O) groups excluding carboxylic acids is 1. The number of aromatic nitrogens is 3. The van der Waals surface area contributed by atoms with Gasteiger partial charge in [0.25, 0.3) is 0 Å². The Morgan fingerprint density at radius 2 is 1.89 bits per heavy atom. The molecule has 1 aromatic heterocycles. The minimum absolute atomic E-state index is 0.0717. The highest BCUT2D eigenvalue weighted by molar-refractivity contribution is 7.99. The molecular weight excluding hydrogens is 383 g/mol. The third-order valence-electron chi connectivity index (χ3n) is 3.61. The zero-order valence-electron chi connectivity index (χ0n) is 14.5. The lowest BCUT2D eigenvalue weighted by molar-refractivity contribution is -0.118. The van der Waals surface area contributed by atoms with Gasteiger partial charge in [-0.05, 0) is 17.7 Å². The number of aromatic amines is 1. The maximum absolute atomic E-state index is 13.7. The van der Waals surface area contributed by atoms with E-state index >= 15 is 0 Å². The molecule has 0 aliphatic carbocycles. The van der Waals surface area contributed by atoms with Gasteiger partial charge in [0, 0.05) is 18.1 Å². The van der Waals surface area contributed by atoms with Crippen LogP contribution in [-0.4, -0.2) is 39.1 Å². The Labute approximate surface area is 165 Å². The molecule has 2 aromatic carbocycles. The Kier molecular flexibility index (Phi) is 7.29. The summed E-state index contributed by atoms with van der Waals surface area (Å²) < 4.78 is 13.7. The highest BCUT2D eigenvalue weighted by Crippen LogP contribution is 2.21. The number of benzene rings is 2. The van der Waals surface area contributed by atoms with Crippen LogP contribution in [0.1, 0.15) is 5.56 Å². The van der Waals surface area contributed by atoms with E-state index in [9.17, 15) is 9.18 Å². The highest BCUT2D eigenvalue weighted by Gasteiger charge is 2.11. The van der Waals surface area contributed by atoms with Crippen molar-refractivity contribution in [3.05, 3.63) is 66.0 Å². The molecule has 2 N–H and O–H groups in total. The van der Waals surface area contributed by atoms with Crippen LogP contribution < -0.4 is 5.32 Å². The summed E-state index contributed by atoms with van der Waals surface area (Å²) >= 11 is 2.99. The van der Waals surface area contributed by atoms with Crippen molar-refractivity contribution in [2.45, 2.75) is 10.9 Å². The minimum Gasteiger partial charge on any atom is -0.355 e. The van der Waals surface area contributed by atoms with Gasteiger partial charge in [0.2, 0.25) is 11.1 Å². The largest absolute Gasteiger partial charge is 0.355 e. The molecule has 3 aromatic rings.